The Morgan fingerprint density at radius 2 is 2.00 bits per heavy atom. The summed E-state index contributed by atoms with van der Waals surface area (Å²) < 4.78 is 0. The number of piperazine rings is 1. The van der Waals surface area contributed by atoms with Gasteiger partial charge in [-0.25, -0.2) is 0 Å². The molecular weight excluding hydrogens is 336 g/mol. The molecule has 0 aromatic carbocycles. The summed E-state index contributed by atoms with van der Waals surface area (Å²) >= 11 is 0. The molecular formula is C17H26N6O3. The molecule has 1 aromatic heterocycles. The molecule has 142 valence electrons. The highest BCUT2D eigenvalue weighted by Crippen LogP contribution is 2.22. The number of hydrogen-bond acceptors (Lipinski definition) is 6. The highest BCUT2D eigenvalue weighted by molar-refractivity contribution is 5.89. The summed E-state index contributed by atoms with van der Waals surface area (Å²) in [5.41, 5.74) is 5.30. The lowest BCUT2D eigenvalue weighted by atomic mass is 10.1. The molecule has 3 N–H and O–H groups in total. The molecule has 2 aliphatic heterocycles. The van der Waals surface area contributed by atoms with E-state index in [1.807, 2.05) is 9.80 Å². The standard InChI is InChI=1S/C17H26N6O3/c1-11(2)9-23-10-12(7-15(23)25)16(26)22-5-3-21(4-6-22)13-8-14(24)20-17(18)19-13/h8,11-12H,3-7,9-10H2,1-2H3,(H3,18,19,20,24)/t12-/m1/s1. The third-order valence-corrected chi connectivity index (χ3v) is 4.81. The topological polar surface area (TPSA) is 116 Å². The van der Waals surface area contributed by atoms with E-state index in [0.717, 1.165) is 0 Å². The van der Waals surface area contributed by atoms with E-state index < -0.39 is 0 Å². The van der Waals surface area contributed by atoms with Crippen LogP contribution in [0.2, 0.25) is 0 Å². The van der Waals surface area contributed by atoms with Crippen molar-refractivity contribution in [2.24, 2.45) is 11.8 Å². The van der Waals surface area contributed by atoms with E-state index in [0.29, 0.717) is 57.4 Å². The first-order valence-electron chi connectivity index (χ1n) is 9.02. The Balaban J connectivity index is 1.57. The predicted molar refractivity (Wildman–Crippen MR) is 97.6 cm³/mol. The molecule has 9 heteroatoms. The molecule has 0 bridgehead atoms. The SMILES string of the molecule is CC(C)CN1C[C@H](C(=O)N2CCN(c3cc(=O)[nH]c(N)n3)CC2)CC1=O. The van der Waals surface area contributed by atoms with Gasteiger partial charge in [0.2, 0.25) is 17.8 Å². The molecule has 2 aliphatic rings. The highest BCUT2D eigenvalue weighted by Gasteiger charge is 2.37. The maximum atomic E-state index is 12.8. The van der Waals surface area contributed by atoms with Crippen LogP contribution in [-0.2, 0) is 9.59 Å². The number of carbonyl (C=O) groups excluding carboxylic acids is 2. The Kier molecular flexibility index (Phi) is 5.15. The number of aromatic nitrogens is 2. The van der Waals surface area contributed by atoms with Crippen LogP contribution in [0, 0.1) is 11.8 Å². The minimum absolute atomic E-state index is 0.0441. The van der Waals surface area contributed by atoms with Crippen molar-refractivity contribution >= 4 is 23.6 Å². The van der Waals surface area contributed by atoms with Gasteiger partial charge in [0.25, 0.3) is 5.56 Å². The number of nitrogens with zero attached hydrogens (tertiary/aromatic N) is 4. The molecule has 0 unspecified atom stereocenters. The number of likely N-dealkylation sites (tertiary alicyclic amines) is 1. The van der Waals surface area contributed by atoms with Crippen LogP contribution in [0.25, 0.3) is 0 Å². The van der Waals surface area contributed by atoms with Crippen molar-refractivity contribution < 1.29 is 9.59 Å². The lowest BCUT2D eigenvalue weighted by Gasteiger charge is -2.36. The summed E-state index contributed by atoms with van der Waals surface area (Å²) in [5, 5.41) is 0. The zero-order valence-electron chi connectivity index (χ0n) is 15.3. The summed E-state index contributed by atoms with van der Waals surface area (Å²) in [7, 11) is 0. The van der Waals surface area contributed by atoms with Gasteiger partial charge in [-0.1, -0.05) is 13.8 Å². The van der Waals surface area contributed by atoms with E-state index in [9.17, 15) is 14.4 Å². The number of aromatic amines is 1. The van der Waals surface area contributed by atoms with E-state index >= 15 is 0 Å². The van der Waals surface area contributed by atoms with Crippen molar-refractivity contribution in [3.05, 3.63) is 16.4 Å². The molecule has 26 heavy (non-hydrogen) atoms. The van der Waals surface area contributed by atoms with Crippen LogP contribution < -0.4 is 16.2 Å². The zero-order valence-corrected chi connectivity index (χ0v) is 15.3. The largest absolute Gasteiger partial charge is 0.369 e. The van der Waals surface area contributed by atoms with E-state index in [4.69, 9.17) is 5.73 Å². The second-order valence-corrected chi connectivity index (χ2v) is 7.39. The van der Waals surface area contributed by atoms with Gasteiger partial charge in [-0.05, 0) is 5.92 Å². The zero-order chi connectivity index (χ0) is 18.8. The second-order valence-electron chi connectivity index (χ2n) is 7.39. The molecule has 2 amide bonds. The molecule has 2 saturated heterocycles. The summed E-state index contributed by atoms with van der Waals surface area (Å²) in [6.07, 6.45) is 0.303. The van der Waals surface area contributed by atoms with Crippen molar-refractivity contribution in [2.45, 2.75) is 20.3 Å². The molecule has 3 rings (SSSR count). The van der Waals surface area contributed by atoms with Crippen LogP contribution in [0.1, 0.15) is 20.3 Å². The average molecular weight is 362 g/mol. The van der Waals surface area contributed by atoms with Crippen LogP contribution in [0.5, 0.6) is 0 Å². The minimum atomic E-state index is -0.291. The predicted octanol–water partition coefficient (Wildman–Crippen LogP) is -0.495. The number of nitrogens with two attached hydrogens (primary N) is 1. The third-order valence-electron chi connectivity index (χ3n) is 4.81. The van der Waals surface area contributed by atoms with Gasteiger partial charge in [-0.15, -0.1) is 0 Å². The van der Waals surface area contributed by atoms with Gasteiger partial charge in [0, 0.05) is 51.8 Å². The maximum Gasteiger partial charge on any atom is 0.254 e. The lowest BCUT2D eigenvalue weighted by Crippen LogP contribution is -2.51. The minimum Gasteiger partial charge on any atom is -0.369 e. The molecule has 2 fully saturated rings. The fourth-order valence-corrected chi connectivity index (χ4v) is 3.59. The molecule has 3 heterocycles. The summed E-state index contributed by atoms with van der Waals surface area (Å²) in [6.45, 7) is 7.60. The smallest absolute Gasteiger partial charge is 0.254 e. The molecule has 0 spiro atoms. The lowest BCUT2D eigenvalue weighted by molar-refractivity contribution is -0.136. The van der Waals surface area contributed by atoms with Gasteiger partial charge in [0.1, 0.15) is 5.82 Å². The Labute approximate surface area is 152 Å². The average Bonchev–Trinajstić information content (AvgIpc) is 2.93. The summed E-state index contributed by atoms with van der Waals surface area (Å²) in [5.74, 6) is 0.867. The summed E-state index contributed by atoms with van der Waals surface area (Å²) in [4.78, 5) is 48.5. The van der Waals surface area contributed by atoms with Gasteiger partial charge in [-0.3, -0.25) is 19.4 Å². The van der Waals surface area contributed by atoms with Crippen LogP contribution in [-0.4, -0.2) is 70.9 Å². The number of nitrogen functional groups attached to an aromatic ring is 1. The highest BCUT2D eigenvalue weighted by atomic mass is 16.2. The Hall–Kier alpha value is -2.58. The molecule has 1 aromatic rings. The van der Waals surface area contributed by atoms with Crippen molar-refractivity contribution in [1.82, 2.24) is 19.8 Å². The van der Waals surface area contributed by atoms with Crippen LogP contribution >= 0.6 is 0 Å². The first kappa shape index (κ1) is 18.2. The Bertz CT molecular complexity index is 738. The molecule has 9 nitrogen and oxygen atoms in total. The Morgan fingerprint density at radius 3 is 2.62 bits per heavy atom. The second kappa shape index (κ2) is 7.35. The van der Waals surface area contributed by atoms with Crippen LogP contribution in [0.15, 0.2) is 10.9 Å². The van der Waals surface area contributed by atoms with Gasteiger partial charge in [-0.2, -0.15) is 4.98 Å². The first-order chi connectivity index (χ1) is 12.3. The monoisotopic (exact) mass is 362 g/mol. The molecule has 1 atom stereocenters. The van der Waals surface area contributed by atoms with Crippen LogP contribution in [0.4, 0.5) is 11.8 Å². The Morgan fingerprint density at radius 1 is 1.31 bits per heavy atom. The first-order valence-corrected chi connectivity index (χ1v) is 9.02. The number of rotatable bonds is 4. The normalized spacial score (nSPS) is 21.0. The van der Waals surface area contributed by atoms with Gasteiger partial charge < -0.3 is 20.4 Å². The van der Waals surface area contributed by atoms with Crippen molar-refractivity contribution in [2.75, 3.05) is 49.9 Å². The van der Waals surface area contributed by atoms with Crippen LogP contribution in [0.3, 0.4) is 0 Å². The van der Waals surface area contributed by atoms with Crippen molar-refractivity contribution in [3.8, 4) is 0 Å². The molecule has 0 saturated carbocycles. The maximum absolute atomic E-state index is 12.8. The molecule has 0 radical (unpaired) electrons. The van der Waals surface area contributed by atoms with E-state index in [1.165, 1.54) is 6.07 Å². The van der Waals surface area contributed by atoms with Crippen molar-refractivity contribution in [1.29, 1.82) is 0 Å². The van der Waals surface area contributed by atoms with Gasteiger partial charge in [0.05, 0.1) is 5.92 Å². The number of nitrogens with one attached hydrogen (secondary N) is 1. The fraction of sp³-hybridized carbons (Fsp3) is 0.647. The van der Waals surface area contributed by atoms with E-state index in [2.05, 4.69) is 23.8 Å². The van der Waals surface area contributed by atoms with Gasteiger partial charge in [0.15, 0.2) is 0 Å². The third kappa shape index (κ3) is 3.97. The fourth-order valence-electron chi connectivity index (χ4n) is 3.59. The van der Waals surface area contributed by atoms with Crippen molar-refractivity contribution in [3.63, 3.8) is 0 Å². The number of H-pyrrole nitrogens is 1. The van der Waals surface area contributed by atoms with E-state index in [-0.39, 0.29) is 29.2 Å². The number of hydrogen-bond donors (Lipinski definition) is 2. The molecule has 0 aliphatic carbocycles. The number of anilines is 2. The number of carbonyl (C=O) groups is 2. The van der Waals surface area contributed by atoms with E-state index in [1.54, 1.807) is 4.90 Å². The number of amides is 2. The summed E-state index contributed by atoms with van der Waals surface area (Å²) in [6, 6.07) is 1.41. The quantitative estimate of drug-likeness (QED) is 0.746. The van der Waals surface area contributed by atoms with Gasteiger partial charge >= 0.3 is 0 Å².